The number of amides is 2. The molecule has 0 heterocycles. The first-order chi connectivity index (χ1) is 9.11. The maximum Gasteiger partial charge on any atom is 0.241 e. The SMILES string of the molecule is CS(=O)(=O)c1ccc(O)c(NC(=O)C(N)CC(N)=O)c1. The molecule has 0 saturated heterocycles. The van der Waals surface area contributed by atoms with Gasteiger partial charge in [-0.05, 0) is 18.2 Å². The topological polar surface area (TPSA) is 153 Å². The van der Waals surface area contributed by atoms with Crippen molar-refractivity contribution in [3.05, 3.63) is 18.2 Å². The van der Waals surface area contributed by atoms with E-state index >= 15 is 0 Å². The van der Waals surface area contributed by atoms with Gasteiger partial charge in [0, 0.05) is 6.26 Å². The van der Waals surface area contributed by atoms with Crippen molar-refractivity contribution in [3.8, 4) is 5.75 Å². The van der Waals surface area contributed by atoms with Crippen LogP contribution in [0.2, 0.25) is 0 Å². The van der Waals surface area contributed by atoms with Gasteiger partial charge >= 0.3 is 0 Å². The van der Waals surface area contributed by atoms with Gasteiger partial charge in [-0.25, -0.2) is 8.42 Å². The van der Waals surface area contributed by atoms with Crippen molar-refractivity contribution < 1.29 is 23.1 Å². The molecule has 8 nitrogen and oxygen atoms in total. The number of phenols is 1. The number of phenolic OH excluding ortho intramolecular Hbond substituents is 1. The molecule has 0 fully saturated rings. The summed E-state index contributed by atoms with van der Waals surface area (Å²) in [4.78, 5) is 22.2. The molecular formula is C11H15N3O5S. The smallest absolute Gasteiger partial charge is 0.241 e. The first-order valence-corrected chi connectivity index (χ1v) is 7.38. The predicted octanol–water partition coefficient (Wildman–Crippen LogP) is -1.06. The Labute approximate surface area is 115 Å². The van der Waals surface area contributed by atoms with Crippen molar-refractivity contribution in [2.75, 3.05) is 11.6 Å². The highest BCUT2D eigenvalue weighted by Gasteiger charge is 2.18. The van der Waals surface area contributed by atoms with Crippen LogP contribution >= 0.6 is 0 Å². The van der Waals surface area contributed by atoms with Crippen molar-refractivity contribution in [1.29, 1.82) is 0 Å². The van der Waals surface area contributed by atoms with Crippen LogP contribution in [-0.2, 0) is 19.4 Å². The van der Waals surface area contributed by atoms with Crippen LogP contribution in [0.25, 0.3) is 0 Å². The van der Waals surface area contributed by atoms with Gasteiger partial charge in [-0.2, -0.15) is 0 Å². The molecule has 0 spiro atoms. The molecule has 0 bridgehead atoms. The van der Waals surface area contributed by atoms with E-state index in [2.05, 4.69) is 5.32 Å². The molecule has 0 aliphatic carbocycles. The molecule has 1 rings (SSSR count). The molecule has 20 heavy (non-hydrogen) atoms. The molecule has 110 valence electrons. The van der Waals surface area contributed by atoms with Crippen LogP contribution < -0.4 is 16.8 Å². The third-order valence-corrected chi connectivity index (χ3v) is 3.52. The number of anilines is 1. The quantitative estimate of drug-likeness (QED) is 0.508. The zero-order valence-corrected chi connectivity index (χ0v) is 11.5. The summed E-state index contributed by atoms with van der Waals surface area (Å²) in [6.07, 6.45) is 0.627. The van der Waals surface area contributed by atoms with Gasteiger partial charge in [0.2, 0.25) is 11.8 Å². The number of aromatic hydroxyl groups is 1. The second-order valence-electron chi connectivity index (χ2n) is 4.22. The summed E-state index contributed by atoms with van der Waals surface area (Å²) in [6, 6.07) is 2.24. The van der Waals surface area contributed by atoms with Gasteiger partial charge in [-0.15, -0.1) is 0 Å². The van der Waals surface area contributed by atoms with Crippen molar-refractivity contribution >= 4 is 27.3 Å². The van der Waals surface area contributed by atoms with Crippen molar-refractivity contribution in [1.82, 2.24) is 0 Å². The van der Waals surface area contributed by atoms with E-state index in [1.54, 1.807) is 0 Å². The molecule has 1 aromatic carbocycles. The number of hydrogen-bond acceptors (Lipinski definition) is 6. The molecule has 0 aromatic heterocycles. The van der Waals surface area contributed by atoms with Crippen LogP contribution in [0.1, 0.15) is 6.42 Å². The lowest BCUT2D eigenvalue weighted by molar-refractivity contribution is -0.123. The average molecular weight is 301 g/mol. The number of nitrogens with two attached hydrogens (primary N) is 2. The molecular weight excluding hydrogens is 286 g/mol. The number of sulfone groups is 1. The van der Waals surface area contributed by atoms with Crippen LogP contribution in [0.3, 0.4) is 0 Å². The highest BCUT2D eigenvalue weighted by molar-refractivity contribution is 7.90. The van der Waals surface area contributed by atoms with Crippen LogP contribution in [0.15, 0.2) is 23.1 Å². The summed E-state index contributed by atoms with van der Waals surface area (Å²) in [5.74, 6) is -1.83. The van der Waals surface area contributed by atoms with E-state index in [-0.39, 0.29) is 22.8 Å². The van der Waals surface area contributed by atoms with Gasteiger partial charge in [-0.3, -0.25) is 9.59 Å². The van der Waals surface area contributed by atoms with E-state index in [0.29, 0.717) is 0 Å². The standard InChI is InChI=1S/C11H15N3O5S/c1-20(18,19)6-2-3-9(15)8(4-6)14-11(17)7(12)5-10(13)16/h2-4,7,15H,5,12H2,1H3,(H2,13,16)(H,14,17). The van der Waals surface area contributed by atoms with E-state index in [9.17, 15) is 23.1 Å². The summed E-state index contributed by atoms with van der Waals surface area (Å²) in [5, 5.41) is 11.8. The highest BCUT2D eigenvalue weighted by Crippen LogP contribution is 2.26. The zero-order valence-electron chi connectivity index (χ0n) is 10.7. The fourth-order valence-electron chi connectivity index (χ4n) is 1.38. The third-order valence-electron chi connectivity index (χ3n) is 2.41. The largest absolute Gasteiger partial charge is 0.506 e. The maximum absolute atomic E-state index is 11.7. The molecule has 0 aliphatic heterocycles. The molecule has 0 saturated carbocycles. The Morgan fingerprint density at radius 3 is 2.50 bits per heavy atom. The van der Waals surface area contributed by atoms with Gasteiger partial charge in [0.1, 0.15) is 5.75 Å². The van der Waals surface area contributed by atoms with Gasteiger partial charge in [0.25, 0.3) is 0 Å². The Balaban J connectivity index is 2.98. The van der Waals surface area contributed by atoms with E-state index in [1.807, 2.05) is 0 Å². The van der Waals surface area contributed by atoms with Gasteiger partial charge in [0.15, 0.2) is 9.84 Å². The van der Waals surface area contributed by atoms with Crippen LogP contribution in [-0.4, -0.2) is 37.6 Å². The van der Waals surface area contributed by atoms with Gasteiger partial charge in [-0.1, -0.05) is 0 Å². The van der Waals surface area contributed by atoms with Crippen LogP contribution in [0, 0.1) is 0 Å². The van der Waals surface area contributed by atoms with Gasteiger partial charge < -0.3 is 21.9 Å². The van der Waals surface area contributed by atoms with E-state index < -0.39 is 27.7 Å². The molecule has 1 atom stereocenters. The maximum atomic E-state index is 11.7. The number of hydrogen-bond donors (Lipinski definition) is 4. The summed E-state index contributed by atoms with van der Waals surface area (Å²) in [5.41, 5.74) is 10.2. The summed E-state index contributed by atoms with van der Waals surface area (Å²) in [6.45, 7) is 0. The number of benzene rings is 1. The number of nitrogens with one attached hydrogen (secondary N) is 1. The van der Waals surface area contributed by atoms with Crippen LogP contribution in [0.4, 0.5) is 5.69 Å². The Morgan fingerprint density at radius 1 is 1.40 bits per heavy atom. The Kier molecular flexibility index (Phi) is 4.69. The average Bonchev–Trinajstić information content (AvgIpc) is 2.29. The van der Waals surface area contributed by atoms with Crippen LogP contribution in [0.5, 0.6) is 5.75 Å². The number of carbonyl (C=O) groups is 2. The lowest BCUT2D eigenvalue weighted by Crippen LogP contribution is -2.39. The summed E-state index contributed by atoms with van der Waals surface area (Å²) >= 11 is 0. The minimum atomic E-state index is -3.48. The highest BCUT2D eigenvalue weighted by atomic mass is 32.2. The lowest BCUT2D eigenvalue weighted by atomic mass is 10.2. The van der Waals surface area contributed by atoms with E-state index in [0.717, 1.165) is 18.4 Å². The van der Waals surface area contributed by atoms with Gasteiger partial charge in [0.05, 0.1) is 23.0 Å². The van der Waals surface area contributed by atoms with E-state index in [1.165, 1.54) is 6.07 Å². The monoisotopic (exact) mass is 301 g/mol. The second-order valence-corrected chi connectivity index (χ2v) is 6.23. The summed E-state index contributed by atoms with van der Waals surface area (Å²) in [7, 11) is -3.48. The van der Waals surface area contributed by atoms with Crippen molar-refractivity contribution in [3.63, 3.8) is 0 Å². The van der Waals surface area contributed by atoms with Crippen molar-refractivity contribution in [2.24, 2.45) is 11.5 Å². The normalized spacial score (nSPS) is 12.7. The van der Waals surface area contributed by atoms with Crippen molar-refractivity contribution in [2.45, 2.75) is 17.4 Å². The molecule has 0 radical (unpaired) electrons. The number of rotatable bonds is 5. The molecule has 1 unspecified atom stereocenters. The lowest BCUT2D eigenvalue weighted by Gasteiger charge is -2.12. The number of primary amides is 1. The fraction of sp³-hybridized carbons (Fsp3) is 0.273. The second kappa shape index (κ2) is 5.88. The predicted molar refractivity (Wildman–Crippen MR) is 71.6 cm³/mol. The molecule has 9 heteroatoms. The zero-order chi connectivity index (χ0) is 15.5. The number of carbonyl (C=O) groups excluding carboxylic acids is 2. The minimum absolute atomic E-state index is 0.0749. The molecule has 1 aromatic rings. The molecule has 0 aliphatic rings. The Hall–Kier alpha value is -2.13. The Bertz CT molecular complexity index is 641. The first-order valence-electron chi connectivity index (χ1n) is 5.49. The fourth-order valence-corrected chi connectivity index (χ4v) is 2.03. The Morgan fingerprint density at radius 2 is 2.00 bits per heavy atom. The molecule has 2 amide bonds. The summed E-state index contributed by atoms with van der Waals surface area (Å²) < 4.78 is 22.8. The first kappa shape index (κ1) is 15.9. The van der Waals surface area contributed by atoms with E-state index in [4.69, 9.17) is 11.5 Å². The third kappa shape index (κ3) is 4.21. The molecule has 6 N–H and O–H groups in total. The minimum Gasteiger partial charge on any atom is -0.506 e.